The molecule has 4 aliphatic heterocycles. The van der Waals surface area contributed by atoms with Gasteiger partial charge in [-0.25, -0.2) is 9.97 Å². The summed E-state index contributed by atoms with van der Waals surface area (Å²) in [4.78, 5) is 102. The van der Waals surface area contributed by atoms with Crippen molar-refractivity contribution in [2.75, 3.05) is 13.1 Å². The fraction of sp³-hybridized carbons (Fsp3) is 0.357. The Morgan fingerprint density at radius 2 is 1.32 bits per heavy atom. The van der Waals surface area contributed by atoms with Crippen LogP contribution in [0.25, 0.3) is 20.9 Å². The summed E-state index contributed by atoms with van der Waals surface area (Å²) in [5.74, 6) is -2.25. The van der Waals surface area contributed by atoms with E-state index in [0.29, 0.717) is 36.3 Å². The molecule has 4 N–H and O–H groups in total. The van der Waals surface area contributed by atoms with Crippen LogP contribution in [0.1, 0.15) is 87.0 Å². The number of aryl methyl sites for hydroxylation is 2. The Kier molecular flexibility index (Phi) is 13.4. The Balaban J connectivity index is 0.771. The van der Waals surface area contributed by atoms with Crippen LogP contribution >= 0.6 is 22.7 Å². The first-order valence-corrected chi connectivity index (χ1v) is 27.0. The average molecular weight is 1050 g/mol. The second-order valence-electron chi connectivity index (χ2n) is 20.2. The van der Waals surface area contributed by atoms with Gasteiger partial charge in [0, 0.05) is 56.7 Å². The summed E-state index contributed by atoms with van der Waals surface area (Å²) >= 11 is 3.11. The van der Waals surface area contributed by atoms with Gasteiger partial charge in [0.05, 0.1) is 50.9 Å². The number of hydrogen-bond donors (Lipinski definition) is 4. The highest BCUT2D eigenvalue weighted by Crippen LogP contribution is 2.48. The number of hydrogen-bond acceptors (Lipinski definition) is 13. The van der Waals surface area contributed by atoms with Crippen molar-refractivity contribution < 1.29 is 43.7 Å². The van der Waals surface area contributed by atoms with Crippen molar-refractivity contribution in [1.82, 2.24) is 40.2 Å². The van der Waals surface area contributed by atoms with E-state index >= 15 is 0 Å². The molecule has 1 saturated carbocycles. The third kappa shape index (κ3) is 9.46. The maximum Gasteiger partial charge on any atom is 0.255 e. The van der Waals surface area contributed by atoms with Crippen LogP contribution in [-0.2, 0) is 45.4 Å². The number of ether oxygens (including phenoxy) is 1. The number of amides is 6. The van der Waals surface area contributed by atoms with Gasteiger partial charge < -0.3 is 45.2 Å². The molecular formula is C56H56N8O9S2. The predicted octanol–water partition coefficient (Wildman–Crippen LogP) is 5.39. The number of nitrogens with zero attached hydrogens (tertiary/aromatic N) is 6. The van der Waals surface area contributed by atoms with Crippen molar-refractivity contribution in [3.05, 3.63) is 147 Å². The van der Waals surface area contributed by atoms with Crippen LogP contribution in [0.3, 0.4) is 0 Å². The lowest BCUT2D eigenvalue weighted by molar-refractivity contribution is -0.145. The highest BCUT2D eigenvalue weighted by Gasteiger charge is 2.61. The zero-order chi connectivity index (χ0) is 52.3. The topological polar surface area (TPSA) is 215 Å². The average Bonchev–Trinajstić information content (AvgIpc) is 4.01. The van der Waals surface area contributed by atoms with E-state index < -0.39 is 59.7 Å². The summed E-state index contributed by atoms with van der Waals surface area (Å²) in [7, 11) is 0. The molecule has 0 spiro atoms. The van der Waals surface area contributed by atoms with Crippen molar-refractivity contribution in [2.24, 2.45) is 0 Å². The van der Waals surface area contributed by atoms with Gasteiger partial charge in [0.1, 0.15) is 35.5 Å². The summed E-state index contributed by atoms with van der Waals surface area (Å²) in [5, 5.41) is 27.9. The number of β-amino-alcohol motifs (C(OH)–C–C–N with tert-alkyl or cyclic N) is 1. The zero-order valence-corrected chi connectivity index (χ0v) is 43.2. The van der Waals surface area contributed by atoms with Crippen molar-refractivity contribution in [1.29, 1.82) is 0 Å². The molecule has 2 aromatic heterocycles. The molecule has 3 fully saturated rings. The minimum Gasteiger partial charge on any atom is -0.488 e. The van der Waals surface area contributed by atoms with Crippen LogP contribution in [-0.4, -0.2) is 130 Å². The van der Waals surface area contributed by atoms with E-state index in [1.807, 2.05) is 74.5 Å². The molecule has 19 heteroatoms. The molecule has 6 heterocycles. The van der Waals surface area contributed by atoms with Gasteiger partial charge in [0.25, 0.3) is 11.8 Å². The SMILES string of the molecule is Cc1ncsc1-c1ccc(CNC(=O)[C@@H]2C[C@@H](O)CN2C(=O)[C@H]([C@H](C)O)N2Cc3ccc(O[C@@H]4C[C@@H](C(=O)NCc5ccc(-c6scnc6C)cc5)N(C(=O)C5(N6Cc7ccccc7C6=O)CC5)C4)cc3C2=O)cc1. The van der Waals surface area contributed by atoms with Gasteiger partial charge in [0.15, 0.2) is 0 Å². The van der Waals surface area contributed by atoms with Crippen LogP contribution in [0.2, 0.25) is 0 Å². The highest BCUT2D eigenvalue weighted by atomic mass is 32.1. The van der Waals surface area contributed by atoms with Gasteiger partial charge >= 0.3 is 0 Å². The minimum atomic E-state index is -1.38. The number of carbonyl (C=O) groups is 6. The third-order valence-corrected chi connectivity index (χ3v) is 17.2. The van der Waals surface area contributed by atoms with Gasteiger partial charge in [0.2, 0.25) is 23.6 Å². The van der Waals surface area contributed by atoms with Gasteiger partial charge in [-0.2, -0.15) is 0 Å². The molecule has 6 aromatic rings. The maximum atomic E-state index is 14.9. The van der Waals surface area contributed by atoms with Crippen molar-refractivity contribution in [2.45, 2.75) is 115 Å². The largest absolute Gasteiger partial charge is 0.488 e. The van der Waals surface area contributed by atoms with Gasteiger partial charge in [-0.05, 0) is 85.2 Å². The van der Waals surface area contributed by atoms with E-state index in [0.717, 1.165) is 49.0 Å². The minimum absolute atomic E-state index is 0.0109. The van der Waals surface area contributed by atoms with Crippen molar-refractivity contribution in [3.63, 3.8) is 0 Å². The predicted molar refractivity (Wildman–Crippen MR) is 279 cm³/mol. The molecule has 0 bridgehead atoms. The summed E-state index contributed by atoms with van der Waals surface area (Å²) in [5.41, 5.74) is 10.4. The summed E-state index contributed by atoms with van der Waals surface area (Å²) in [6, 6.07) is 24.6. The first kappa shape index (κ1) is 49.9. The van der Waals surface area contributed by atoms with E-state index in [-0.39, 0.29) is 68.9 Å². The molecule has 5 aliphatic rings. The molecular weight excluding hydrogens is 993 g/mol. The van der Waals surface area contributed by atoms with Crippen LogP contribution in [0.5, 0.6) is 5.75 Å². The summed E-state index contributed by atoms with van der Waals surface area (Å²) in [6.07, 6.45) is -1.97. The van der Waals surface area contributed by atoms with Gasteiger partial charge in [-0.1, -0.05) is 72.8 Å². The Morgan fingerprint density at radius 3 is 1.88 bits per heavy atom. The number of benzene rings is 4. The molecule has 2 saturated heterocycles. The van der Waals surface area contributed by atoms with Gasteiger partial charge in [-0.15, -0.1) is 22.7 Å². The summed E-state index contributed by atoms with van der Waals surface area (Å²) < 4.78 is 6.54. The molecule has 11 rings (SSSR count). The summed E-state index contributed by atoms with van der Waals surface area (Å²) in [6.45, 7) is 5.90. The number of rotatable bonds is 15. The lowest BCUT2D eigenvalue weighted by atomic mass is 10.1. The number of aliphatic hydroxyl groups excluding tert-OH is 2. The molecule has 1 aliphatic carbocycles. The lowest BCUT2D eigenvalue weighted by Crippen LogP contribution is -2.57. The number of thiazole rings is 2. The fourth-order valence-corrected chi connectivity index (χ4v) is 12.8. The zero-order valence-electron chi connectivity index (χ0n) is 41.6. The van der Waals surface area contributed by atoms with Crippen LogP contribution < -0.4 is 15.4 Å². The van der Waals surface area contributed by atoms with E-state index in [9.17, 15) is 39.0 Å². The van der Waals surface area contributed by atoms with E-state index in [1.54, 1.807) is 73.8 Å². The number of nitrogens with one attached hydrogen (secondary N) is 2. The Morgan fingerprint density at radius 1 is 0.733 bits per heavy atom. The second-order valence-corrected chi connectivity index (χ2v) is 21.9. The third-order valence-electron chi connectivity index (χ3n) is 15.3. The maximum absolute atomic E-state index is 14.9. The quantitative estimate of drug-likeness (QED) is 0.102. The number of aliphatic hydroxyl groups is 2. The van der Waals surface area contributed by atoms with E-state index in [2.05, 4.69) is 20.6 Å². The Bertz CT molecular complexity index is 3230. The first-order chi connectivity index (χ1) is 36.2. The highest BCUT2D eigenvalue weighted by molar-refractivity contribution is 7.13. The molecule has 17 nitrogen and oxygen atoms in total. The van der Waals surface area contributed by atoms with E-state index in [4.69, 9.17) is 4.74 Å². The second kappa shape index (κ2) is 20.1. The number of fused-ring (bicyclic) bond motifs is 2. The lowest BCUT2D eigenvalue weighted by Gasteiger charge is -2.34. The number of likely N-dealkylation sites (tertiary alicyclic amines) is 2. The Hall–Kier alpha value is -7.32. The monoisotopic (exact) mass is 1050 g/mol. The van der Waals surface area contributed by atoms with Crippen molar-refractivity contribution in [3.8, 4) is 26.6 Å². The molecule has 386 valence electrons. The Labute approximate surface area is 441 Å². The molecule has 6 atom stereocenters. The van der Waals surface area contributed by atoms with Crippen LogP contribution in [0.4, 0.5) is 0 Å². The normalized spacial score (nSPS) is 21.2. The van der Waals surface area contributed by atoms with Crippen LogP contribution in [0.15, 0.2) is 102 Å². The van der Waals surface area contributed by atoms with Crippen LogP contribution in [0, 0.1) is 13.8 Å². The van der Waals surface area contributed by atoms with Crippen molar-refractivity contribution >= 4 is 58.1 Å². The van der Waals surface area contributed by atoms with E-state index in [1.165, 1.54) is 16.7 Å². The standard InChI is InChI=1S/C56H56N8O9S2/c1-31-48(74-29-59-31)36-12-8-34(9-13-36)23-57-50(67)45-20-40(66)27-61(45)54(71)47(33(3)65)63-25-39-16-17-41(21-44(39)52(63)69)73-42-22-46(51(68)58-24-35-10-14-37(15-11-35)49-32(2)60-30-75-49)62(28-42)55(72)56(18-19-56)64-26-38-6-4-5-7-43(38)53(64)70/h4-17,21,29-30,33,40,42,45-47,65-66H,18-20,22-28H2,1-3H3,(H,57,67)(H,58,68)/t33-,40+,42+,45-,46-,47-/m0/s1. The molecule has 0 unspecified atom stereocenters. The molecule has 4 aromatic carbocycles. The number of aromatic nitrogens is 2. The molecule has 75 heavy (non-hydrogen) atoms. The fourth-order valence-electron chi connectivity index (χ4n) is 11.1. The number of carbonyl (C=O) groups excluding carboxylic acids is 6. The van der Waals surface area contributed by atoms with Gasteiger partial charge in [-0.3, -0.25) is 28.8 Å². The molecule has 6 amide bonds. The smallest absolute Gasteiger partial charge is 0.255 e. The first-order valence-electron chi connectivity index (χ1n) is 25.2. The molecule has 0 radical (unpaired) electrons.